The fourth-order valence-electron chi connectivity index (χ4n) is 2.11. The molecule has 1 aromatic rings. The second-order valence-electron chi connectivity index (χ2n) is 4.75. The third-order valence-electron chi connectivity index (χ3n) is 3.19. The molecule has 0 spiro atoms. The van der Waals surface area contributed by atoms with Crippen LogP contribution in [0.15, 0.2) is 12.1 Å². The van der Waals surface area contributed by atoms with Crippen LogP contribution in [-0.4, -0.2) is 26.6 Å². The monoisotopic (exact) mass is 262 g/mol. The van der Waals surface area contributed by atoms with Gasteiger partial charge in [-0.15, -0.1) is 0 Å². The lowest BCUT2D eigenvalue weighted by Crippen LogP contribution is -2.23. The van der Waals surface area contributed by atoms with Gasteiger partial charge in [0.15, 0.2) is 17.8 Å². The Balaban J connectivity index is 2.61. The molecule has 1 aromatic carbocycles. The molecule has 0 unspecified atom stereocenters. The molecule has 0 saturated heterocycles. The molecule has 0 amide bonds. The van der Waals surface area contributed by atoms with Gasteiger partial charge in [-0.2, -0.15) is 0 Å². The molecule has 1 heterocycles. The molecule has 1 aliphatic heterocycles. The summed E-state index contributed by atoms with van der Waals surface area (Å²) in [7, 11) is 3.10. The van der Waals surface area contributed by atoms with Gasteiger partial charge in [-0.1, -0.05) is 19.9 Å². The average molecular weight is 262 g/mol. The highest BCUT2D eigenvalue weighted by atomic mass is 16.5. The van der Waals surface area contributed by atoms with Crippen LogP contribution in [-0.2, 0) is 0 Å². The lowest BCUT2D eigenvalue weighted by atomic mass is 9.98. The van der Waals surface area contributed by atoms with Crippen molar-refractivity contribution >= 4 is 12.4 Å². The van der Waals surface area contributed by atoms with Gasteiger partial charge in [0.1, 0.15) is 6.10 Å². The Morgan fingerprint density at radius 2 is 2.05 bits per heavy atom. The summed E-state index contributed by atoms with van der Waals surface area (Å²) in [5.41, 5.74) is 1.27. The Hall–Kier alpha value is -1.97. The van der Waals surface area contributed by atoms with E-state index in [9.17, 15) is 4.79 Å². The summed E-state index contributed by atoms with van der Waals surface area (Å²) in [5.74, 6) is 1.93. The number of hydrogen-bond acceptors (Lipinski definition) is 4. The summed E-state index contributed by atoms with van der Waals surface area (Å²) < 4.78 is 16.6. The fraction of sp³-hybridized carbons (Fsp3) is 0.400. The van der Waals surface area contributed by atoms with Gasteiger partial charge >= 0.3 is 0 Å². The number of aldehydes is 1. The first-order chi connectivity index (χ1) is 9.12. The van der Waals surface area contributed by atoms with E-state index < -0.39 is 0 Å². The zero-order valence-electron chi connectivity index (χ0n) is 11.6. The largest absolute Gasteiger partial charge is 0.493 e. The summed E-state index contributed by atoms with van der Waals surface area (Å²) >= 11 is 0. The molecule has 0 aromatic heterocycles. The minimum atomic E-state index is -0.0343. The molecule has 19 heavy (non-hydrogen) atoms. The summed E-state index contributed by atoms with van der Waals surface area (Å²) in [5, 5.41) is 0. The molecular weight excluding hydrogens is 244 g/mol. The normalized spacial score (nSPS) is 16.8. The van der Waals surface area contributed by atoms with Crippen LogP contribution < -0.4 is 14.2 Å². The predicted octanol–water partition coefficient (Wildman–Crippen LogP) is 2.95. The zero-order valence-corrected chi connectivity index (χ0v) is 11.6. The number of carbonyl (C=O) groups is 1. The molecule has 1 aliphatic rings. The maximum absolute atomic E-state index is 11.2. The number of fused-ring (bicyclic) bond motifs is 1. The smallest absolute Gasteiger partial charge is 0.203 e. The van der Waals surface area contributed by atoms with Crippen molar-refractivity contribution in [3.63, 3.8) is 0 Å². The third kappa shape index (κ3) is 2.30. The van der Waals surface area contributed by atoms with Crippen LogP contribution in [0.3, 0.4) is 0 Å². The zero-order chi connectivity index (χ0) is 14.0. The SMILES string of the molecule is COc1cc(C=O)c2c(c1OC)O[C@@H](C(C)C)C=C2. The Bertz CT molecular complexity index is 517. The van der Waals surface area contributed by atoms with E-state index in [1.807, 2.05) is 12.2 Å². The second kappa shape index (κ2) is 5.34. The quantitative estimate of drug-likeness (QED) is 0.783. The van der Waals surface area contributed by atoms with E-state index in [2.05, 4.69) is 13.8 Å². The van der Waals surface area contributed by atoms with Gasteiger partial charge in [-0.25, -0.2) is 0 Å². The van der Waals surface area contributed by atoms with Gasteiger partial charge in [0, 0.05) is 11.1 Å². The maximum Gasteiger partial charge on any atom is 0.203 e. The molecule has 2 rings (SSSR count). The van der Waals surface area contributed by atoms with Gasteiger partial charge < -0.3 is 14.2 Å². The number of rotatable bonds is 4. The molecule has 1 atom stereocenters. The van der Waals surface area contributed by atoms with Crippen LogP contribution in [0.4, 0.5) is 0 Å². The number of hydrogen-bond donors (Lipinski definition) is 0. The van der Waals surface area contributed by atoms with Crippen LogP contribution in [0.1, 0.15) is 29.8 Å². The standard InChI is InChI=1S/C15H18O4/c1-9(2)12-6-5-11-10(8-16)7-13(17-3)15(18-4)14(11)19-12/h5-9,12H,1-4H3/t12-/m1/s1. The highest BCUT2D eigenvalue weighted by Crippen LogP contribution is 2.45. The number of ether oxygens (including phenoxy) is 3. The van der Waals surface area contributed by atoms with Crippen molar-refractivity contribution in [1.29, 1.82) is 0 Å². The molecule has 102 valence electrons. The van der Waals surface area contributed by atoms with Crippen LogP contribution >= 0.6 is 0 Å². The summed E-state index contributed by atoms with van der Waals surface area (Å²) in [4.78, 5) is 11.2. The van der Waals surface area contributed by atoms with E-state index in [1.54, 1.807) is 13.2 Å². The van der Waals surface area contributed by atoms with E-state index >= 15 is 0 Å². The van der Waals surface area contributed by atoms with Crippen molar-refractivity contribution in [2.45, 2.75) is 20.0 Å². The number of methoxy groups -OCH3 is 2. The van der Waals surface area contributed by atoms with Crippen molar-refractivity contribution in [3.8, 4) is 17.2 Å². The fourth-order valence-corrected chi connectivity index (χ4v) is 2.11. The van der Waals surface area contributed by atoms with Crippen LogP contribution in [0.5, 0.6) is 17.2 Å². The van der Waals surface area contributed by atoms with Gasteiger partial charge in [0.25, 0.3) is 0 Å². The third-order valence-corrected chi connectivity index (χ3v) is 3.19. The Morgan fingerprint density at radius 3 is 2.58 bits per heavy atom. The van der Waals surface area contributed by atoms with E-state index in [1.165, 1.54) is 7.11 Å². The van der Waals surface area contributed by atoms with Crippen LogP contribution in [0, 0.1) is 5.92 Å². The lowest BCUT2D eigenvalue weighted by Gasteiger charge is -2.27. The van der Waals surface area contributed by atoms with Gasteiger partial charge in [0.05, 0.1) is 14.2 Å². The minimum Gasteiger partial charge on any atom is -0.493 e. The molecule has 0 N–H and O–H groups in total. The highest BCUT2D eigenvalue weighted by Gasteiger charge is 2.26. The first-order valence-corrected chi connectivity index (χ1v) is 6.21. The van der Waals surface area contributed by atoms with Crippen molar-refractivity contribution in [3.05, 3.63) is 23.3 Å². The van der Waals surface area contributed by atoms with Gasteiger partial charge in [-0.05, 0) is 18.1 Å². The topological polar surface area (TPSA) is 44.8 Å². The van der Waals surface area contributed by atoms with Crippen molar-refractivity contribution in [2.75, 3.05) is 14.2 Å². The minimum absolute atomic E-state index is 0.0343. The van der Waals surface area contributed by atoms with E-state index in [0.29, 0.717) is 28.7 Å². The Morgan fingerprint density at radius 1 is 1.32 bits per heavy atom. The summed E-state index contributed by atoms with van der Waals surface area (Å²) in [6, 6.07) is 1.66. The highest BCUT2D eigenvalue weighted by molar-refractivity contribution is 5.87. The predicted molar refractivity (Wildman–Crippen MR) is 73.2 cm³/mol. The number of benzene rings is 1. The summed E-state index contributed by atoms with van der Waals surface area (Å²) in [6.07, 6.45) is 4.64. The van der Waals surface area contributed by atoms with E-state index in [-0.39, 0.29) is 6.10 Å². The van der Waals surface area contributed by atoms with Crippen molar-refractivity contribution in [1.82, 2.24) is 0 Å². The van der Waals surface area contributed by atoms with Crippen molar-refractivity contribution < 1.29 is 19.0 Å². The first-order valence-electron chi connectivity index (χ1n) is 6.21. The summed E-state index contributed by atoms with van der Waals surface area (Å²) in [6.45, 7) is 4.15. The number of carbonyl (C=O) groups excluding carboxylic acids is 1. The van der Waals surface area contributed by atoms with Crippen LogP contribution in [0.2, 0.25) is 0 Å². The van der Waals surface area contributed by atoms with Crippen LogP contribution in [0.25, 0.3) is 6.08 Å². The molecule has 4 heteroatoms. The molecule has 0 bridgehead atoms. The second-order valence-corrected chi connectivity index (χ2v) is 4.75. The Labute approximate surface area is 113 Å². The first kappa shape index (κ1) is 13.5. The molecule has 0 fully saturated rings. The molecule has 0 saturated carbocycles. The van der Waals surface area contributed by atoms with Gasteiger partial charge in [0.2, 0.25) is 5.75 Å². The molecule has 0 aliphatic carbocycles. The molecule has 4 nitrogen and oxygen atoms in total. The van der Waals surface area contributed by atoms with Crippen molar-refractivity contribution in [2.24, 2.45) is 5.92 Å². The molecular formula is C15H18O4. The lowest BCUT2D eigenvalue weighted by molar-refractivity contribution is 0.112. The Kier molecular flexibility index (Phi) is 3.79. The average Bonchev–Trinajstić information content (AvgIpc) is 2.44. The van der Waals surface area contributed by atoms with E-state index in [0.717, 1.165) is 11.8 Å². The van der Waals surface area contributed by atoms with Gasteiger partial charge in [-0.3, -0.25) is 4.79 Å². The molecule has 0 radical (unpaired) electrons. The maximum atomic E-state index is 11.2. The van der Waals surface area contributed by atoms with E-state index in [4.69, 9.17) is 14.2 Å².